The first kappa shape index (κ1) is 21.2. The second-order valence-corrected chi connectivity index (χ2v) is 7.21. The largest absolute Gasteiger partial charge is 0.370 e. The second kappa shape index (κ2) is 11.7. The first-order chi connectivity index (χ1) is 12.0. The predicted molar refractivity (Wildman–Crippen MR) is 103 cm³/mol. The molecule has 0 spiro atoms. The number of hydrogen-bond donors (Lipinski definition) is 2. The van der Waals surface area contributed by atoms with Gasteiger partial charge >= 0.3 is 0 Å². The summed E-state index contributed by atoms with van der Waals surface area (Å²) in [6, 6.07) is 9.85. The summed E-state index contributed by atoms with van der Waals surface area (Å²) in [5.41, 5.74) is 11.2. The number of primary amides is 2. The monoisotopic (exact) mass is 346 g/mol. The van der Waals surface area contributed by atoms with Gasteiger partial charge in [-0.2, -0.15) is 0 Å². The summed E-state index contributed by atoms with van der Waals surface area (Å²) in [7, 11) is 0. The average molecular weight is 347 g/mol. The van der Waals surface area contributed by atoms with E-state index in [9.17, 15) is 9.59 Å². The highest BCUT2D eigenvalue weighted by atomic mass is 16.1. The van der Waals surface area contributed by atoms with Crippen LogP contribution in [0.25, 0.3) is 0 Å². The molecule has 0 aliphatic heterocycles. The molecule has 4 nitrogen and oxygen atoms in total. The molecule has 0 heterocycles. The lowest BCUT2D eigenvalue weighted by molar-refractivity contribution is -0.123. The Morgan fingerprint density at radius 1 is 0.800 bits per heavy atom. The van der Waals surface area contributed by atoms with Crippen LogP contribution in [-0.4, -0.2) is 11.8 Å². The normalized spacial score (nSPS) is 13.3. The molecule has 0 saturated heterocycles. The van der Waals surface area contributed by atoms with Gasteiger partial charge in [0.1, 0.15) is 0 Å². The molecule has 1 atom stereocenters. The van der Waals surface area contributed by atoms with Gasteiger partial charge in [-0.15, -0.1) is 0 Å². The molecule has 1 unspecified atom stereocenters. The Bertz CT molecular complexity index is 516. The van der Waals surface area contributed by atoms with Crippen LogP contribution >= 0.6 is 0 Å². The maximum absolute atomic E-state index is 11.9. The Hall–Kier alpha value is -1.84. The quantitative estimate of drug-likeness (QED) is 0.494. The van der Waals surface area contributed by atoms with Crippen molar-refractivity contribution in [3.8, 4) is 0 Å². The van der Waals surface area contributed by atoms with Gasteiger partial charge in [0, 0.05) is 6.42 Å². The zero-order valence-electron chi connectivity index (χ0n) is 15.6. The minimum Gasteiger partial charge on any atom is -0.370 e. The molecule has 2 amide bonds. The third-order valence-electron chi connectivity index (χ3n) is 5.05. The smallest absolute Gasteiger partial charge is 0.227 e. The summed E-state index contributed by atoms with van der Waals surface area (Å²) in [6.07, 6.45) is 11.6. The summed E-state index contributed by atoms with van der Waals surface area (Å²) in [6.45, 7) is 1.96. The van der Waals surface area contributed by atoms with E-state index in [4.69, 9.17) is 11.5 Å². The van der Waals surface area contributed by atoms with Gasteiger partial charge in [0.15, 0.2) is 0 Å². The molecule has 0 fully saturated rings. The summed E-state index contributed by atoms with van der Waals surface area (Å²) in [4.78, 5) is 22.6. The molecule has 0 aliphatic carbocycles. The van der Waals surface area contributed by atoms with Crippen molar-refractivity contribution in [3.05, 3.63) is 35.9 Å². The standard InChI is InChI=1S/C21H34N2O2/c1-21(20(23)25,18-14-10-9-11-15-18)17-13-8-6-4-2-3-5-7-12-16-19(22)24/h9-11,14-15H,2-8,12-13,16-17H2,1H3,(H2,22,24)(H2,23,25). The molecule has 0 bridgehead atoms. The van der Waals surface area contributed by atoms with Gasteiger partial charge in [0.05, 0.1) is 5.41 Å². The minimum atomic E-state index is -0.568. The first-order valence-electron chi connectivity index (χ1n) is 9.60. The third kappa shape index (κ3) is 8.19. The maximum atomic E-state index is 11.9. The molecule has 1 rings (SSSR count). The Labute approximate surface area is 152 Å². The lowest BCUT2D eigenvalue weighted by Gasteiger charge is -2.26. The van der Waals surface area contributed by atoms with Crippen molar-refractivity contribution in [2.75, 3.05) is 0 Å². The van der Waals surface area contributed by atoms with Crippen LogP contribution in [0, 0.1) is 0 Å². The Morgan fingerprint density at radius 2 is 1.28 bits per heavy atom. The van der Waals surface area contributed by atoms with Crippen LogP contribution in [0.4, 0.5) is 0 Å². The Kier molecular flexibility index (Phi) is 9.90. The Morgan fingerprint density at radius 3 is 1.76 bits per heavy atom. The van der Waals surface area contributed by atoms with Crippen LogP contribution < -0.4 is 11.5 Å². The molecular formula is C21H34N2O2. The lowest BCUT2D eigenvalue weighted by Crippen LogP contribution is -2.38. The van der Waals surface area contributed by atoms with Crippen LogP contribution in [0.15, 0.2) is 30.3 Å². The number of amides is 2. The average Bonchev–Trinajstić information content (AvgIpc) is 2.59. The highest BCUT2D eigenvalue weighted by Crippen LogP contribution is 2.29. The fraction of sp³-hybridized carbons (Fsp3) is 0.619. The fourth-order valence-electron chi connectivity index (χ4n) is 3.23. The Balaban J connectivity index is 2.13. The lowest BCUT2D eigenvalue weighted by atomic mass is 9.77. The van der Waals surface area contributed by atoms with Crippen molar-refractivity contribution in [1.82, 2.24) is 0 Å². The number of benzene rings is 1. The van der Waals surface area contributed by atoms with Crippen molar-refractivity contribution < 1.29 is 9.59 Å². The summed E-state index contributed by atoms with van der Waals surface area (Å²) < 4.78 is 0. The van der Waals surface area contributed by atoms with E-state index in [1.54, 1.807) is 0 Å². The van der Waals surface area contributed by atoms with Crippen molar-refractivity contribution in [2.24, 2.45) is 11.5 Å². The highest BCUT2D eigenvalue weighted by molar-refractivity contribution is 5.86. The van der Waals surface area contributed by atoms with Crippen LogP contribution in [0.5, 0.6) is 0 Å². The number of rotatable bonds is 14. The van der Waals surface area contributed by atoms with Gasteiger partial charge in [0.25, 0.3) is 0 Å². The molecule has 0 radical (unpaired) electrons. The van der Waals surface area contributed by atoms with E-state index in [-0.39, 0.29) is 11.8 Å². The molecule has 0 saturated carbocycles. The molecule has 25 heavy (non-hydrogen) atoms. The molecule has 1 aromatic rings. The van der Waals surface area contributed by atoms with Crippen molar-refractivity contribution in [3.63, 3.8) is 0 Å². The van der Waals surface area contributed by atoms with Crippen molar-refractivity contribution in [2.45, 2.75) is 83.0 Å². The number of carbonyl (C=O) groups excluding carboxylic acids is 2. The van der Waals surface area contributed by atoms with Gasteiger partial charge in [0.2, 0.25) is 11.8 Å². The molecule has 4 N–H and O–H groups in total. The summed E-state index contributed by atoms with van der Waals surface area (Å²) in [5.74, 6) is -0.437. The van der Waals surface area contributed by atoms with E-state index in [0.717, 1.165) is 37.7 Å². The summed E-state index contributed by atoms with van der Waals surface area (Å²) >= 11 is 0. The number of carbonyl (C=O) groups is 2. The van der Waals surface area contributed by atoms with E-state index in [0.29, 0.717) is 6.42 Å². The minimum absolute atomic E-state index is 0.196. The number of unbranched alkanes of at least 4 members (excludes halogenated alkanes) is 8. The van der Waals surface area contributed by atoms with Crippen LogP contribution in [0.3, 0.4) is 0 Å². The van der Waals surface area contributed by atoms with E-state index < -0.39 is 5.41 Å². The second-order valence-electron chi connectivity index (χ2n) is 7.21. The molecule has 0 aliphatic rings. The SMILES string of the molecule is CC(CCCCCCCCCCCC(N)=O)(C(N)=O)c1ccccc1. The van der Waals surface area contributed by atoms with Gasteiger partial charge in [-0.05, 0) is 25.3 Å². The van der Waals surface area contributed by atoms with E-state index in [1.165, 1.54) is 32.1 Å². The van der Waals surface area contributed by atoms with Gasteiger partial charge in [-0.1, -0.05) is 81.7 Å². The predicted octanol–water partition coefficient (Wildman–Crippen LogP) is 4.21. The topological polar surface area (TPSA) is 86.2 Å². The maximum Gasteiger partial charge on any atom is 0.227 e. The molecule has 1 aromatic carbocycles. The molecule has 4 heteroatoms. The first-order valence-corrected chi connectivity index (χ1v) is 9.60. The van der Waals surface area contributed by atoms with E-state index in [1.807, 2.05) is 37.3 Å². The number of nitrogens with two attached hydrogens (primary N) is 2. The molecule has 140 valence electrons. The highest BCUT2D eigenvalue weighted by Gasteiger charge is 2.32. The van der Waals surface area contributed by atoms with E-state index in [2.05, 4.69) is 0 Å². The molecular weight excluding hydrogens is 312 g/mol. The van der Waals surface area contributed by atoms with Crippen LogP contribution in [0.2, 0.25) is 0 Å². The fourth-order valence-corrected chi connectivity index (χ4v) is 3.23. The number of hydrogen-bond acceptors (Lipinski definition) is 2. The van der Waals surface area contributed by atoms with Gasteiger partial charge < -0.3 is 11.5 Å². The van der Waals surface area contributed by atoms with E-state index >= 15 is 0 Å². The van der Waals surface area contributed by atoms with Crippen LogP contribution in [0.1, 0.15) is 83.1 Å². The van der Waals surface area contributed by atoms with Crippen molar-refractivity contribution >= 4 is 11.8 Å². The van der Waals surface area contributed by atoms with Gasteiger partial charge in [-0.25, -0.2) is 0 Å². The zero-order chi connectivity index (χ0) is 18.5. The summed E-state index contributed by atoms with van der Waals surface area (Å²) in [5, 5.41) is 0. The van der Waals surface area contributed by atoms with Gasteiger partial charge in [-0.3, -0.25) is 9.59 Å². The third-order valence-corrected chi connectivity index (χ3v) is 5.05. The van der Waals surface area contributed by atoms with Crippen LogP contribution in [-0.2, 0) is 15.0 Å². The molecule has 0 aromatic heterocycles. The zero-order valence-corrected chi connectivity index (χ0v) is 15.6. The van der Waals surface area contributed by atoms with Crippen molar-refractivity contribution in [1.29, 1.82) is 0 Å².